The maximum atomic E-state index is 7.24. The summed E-state index contributed by atoms with van der Waals surface area (Å²) in [6, 6.07) is 60.1. The van der Waals surface area contributed by atoms with Crippen LogP contribution in [0.2, 0.25) is 0 Å². The lowest BCUT2D eigenvalue weighted by molar-refractivity contribution is 0.195. The van der Waals surface area contributed by atoms with E-state index in [1.807, 2.05) is 0 Å². The summed E-state index contributed by atoms with van der Waals surface area (Å²) in [5, 5.41) is 3.65. The number of nitrogens with zero attached hydrogens (tertiary/aromatic N) is 4. The van der Waals surface area contributed by atoms with E-state index in [0.717, 1.165) is 46.9 Å². The molecule has 10 aromatic rings. The van der Waals surface area contributed by atoms with Crippen LogP contribution in [0.15, 0.2) is 156 Å². The molecule has 17 rings (SSSR count). The molecular weight excluding hydrogens is 1010 g/mol. The molecule has 8 aromatic carbocycles. The molecule has 2 aromatic heterocycles. The molecule has 4 atom stereocenters. The largest absolute Gasteiger partial charge is 0.454 e. The van der Waals surface area contributed by atoms with Crippen molar-refractivity contribution in [2.75, 3.05) is 14.7 Å². The van der Waals surface area contributed by atoms with Crippen LogP contribution in [0.4, 0.5) is 39.8 Å². The fourth-order valence-corrected chi connectivity index (χ4v) is 18.6. The Morgan fingerprint density at radius 1 is 0.458 bits per heavy atom. The van der Waals surface area contributed by atoms with Crippen LogP contribution in [-0.2, 0) is 27.1 Å². The maximum Gasteiger partial charge on any atom is 0.252 e. The summed E-state index contributed by atoms with van der Waals surface area (Å²) in [6.07, 6.45) is 9.51. The fourth-order valence-electron chi connectivity index (χ4n) is 18.6. The number of para-hydroxylation sites is 3. The van der Waals surface area contributed by atoms with Gasteiger partial charge in [0.25, 0.3) is 6.71 Å². The molecule has 0 radical (unpaired) electrons. The molecule has 6 heteroatoms. The number of benzene rings is 8. The Morgan fingerprint density at radius 2 is 1.04 bits per heavy atom. The van der Waals surface area contributed by atoms with E-state index >= 15 is 0 Å². The highest BCUT2D eigenvalue weighted by Gasteiger charge is 2.60. The van der Waals surface area contributed by atoms with E-state index in [1.54, 1.807) is 0 Å². The van der Waals surface area contributed by atoms with Crippen molar-refractivity contribution in [2.45, 2.75) is 173 Å². The first kappa shape index (κ1) is 50.1. The first-order valence-corrected chi connectivity index (χ1v) is 31.4. The minimum Gasteiger partial charge on any atom is -0.454 e. The van der Waals surface area contributed by atoms with Crippen LogP contribution in [0.25, 0.3) is 49.8 Å². The van der Waals surface area contributed by atoms with Crippen LogP contribution in [0.3, 0.4) is 0 Å². The number of rotatable bonds is 3. The zero-order valence-corrected chi connectivity index (χ0v) is 50.9. The summed E-state index contributed by atoms with van der Waals surface area (Å²) in [5.41, 5.74) is 28.1. The lowest BCUT2D eigenvalue weighted by Crippen LogP contribution is -2.61. The van der Waals surface area contributed by atoms with E-state index in [0.29, 0.717) is 0 Å². The van der Waals surface area contributed by atoms with Gasteiger partial charge < -0.3 is 23.7 Å². The van der Waals surface area contributed by atoms with Crippen LogP contribution < -0.4 is 31.1 Å². The number of hydrogen-bond donors (Lipinski definition) is 0. The highest BCUT2D eigenvalue weighted by molar-refractivity contribution is 7.00. The highest BCUT2D eigenvalue weighted by Crippen LogP contribution is 2.65. The summed E-state index contributed by atoms with van der Waals surface area (Å²) in [5.74, 6) is 0. The van der Waals surface area contributed by atoms with Gasteiger partial charge in [0, 0.05) is 83.3 Å². The van der Waals surface area contributed by atoms with E-state index in [1.165, 1.54) is 144 Å². The van der Waals surface area contributed by atoms with E-state index in [-0.39, 0.29) is 44.9 Å². The monoisotopic (exact) mass is 1080 g/mol. The van der Waals surface area contributed by atoms with Gasteiger partial charge in [0.05, 0.1) is 22.5 Å². The van der Waals surface area contributed by atoms with Gasteiger partial charge in [-0.15, -0.1) is 0 Å². The van der Waals surface area contributed by atoms with Gasteiger partial charge in [-0.1, -0.05) is 198 Å². The van der Waals surface area contributed by atoms with E-state index in [9.17, 15) is 0 Å². The van der Waals surface area contributed by atoms with Crippen molar-refractivity contribution in [3.05, 3.63) is 185 Å². The van der Waals surface area contributed by atoms with Crippen molar-refractivity contribution in [2.24, 2.45) is 0 Å². The number of aromatic nitrogens is 1. The lowest BCUT2D eigenvalue weighted by Gasteiger charge is -2.51. The third-order valence-corrected chi connectivity index (χ3v) is 23.4. The van der Waals surface area contributed by atoms with Gasteiger partial charge in [-0.2, -0.15) is 0 Å². The molecule has 414 valence electrons. The van der Waals surface area contributed by atoms with Gasteiger partial charge in [-0.3, -0.25) is 0 Å². The van der Waals surface area contributed by atoms with E-state index in [4.69, 9.17) is 4.42 Å². The SMILES string of the molecule is CC(C)(C)c1ccc2c(c1)C1(C)CCCCC1(C)N2c1ccc2c(c1)N(c1cccc3c1oc1ccccc13)c1cc(N3c4ccc(C(C)(C)C)cc4C4(C)CCCCC34C)cc3c1B2c1cccc2c4c(n-3c12)-c1ccccc1C4(C)C. The Morgan fingerprint density at radius 3 is 1.72 bits per heavy atom. The molecule has 0 spiro atoms. The van der Waals surface area contributed by atoms with Crippen LogP contribution in [0.5, 0.6) is 0 Å². The van der Waals surface area contributed by atoms with Gasteiger partial charge in [-0.25, -0.2) is 0 Å². The second-order valence-electron chi connectivity index (χ2n) is 29.9. The summed E-state index contributed by atoms with van der Waals surface area (Å²) in [4.78, 5) is 8.34. The molecule has 0 bridgehead atoms. The molecule has 83 heavy (non-hydrogen) atoms. The fraction of sp³-hybridized carbons (Fsp3) is 0.351. The standard InChI is InChI=1S/C77H77BN4O/c1-71(2,3)46-31-35-59-55(41-46)74(9)37-17-19-39-76(74,11)81(59)48-33-34-57-62(43-48)79(61-29-22-25-51-50-23-14-16-30-65(50)83-70(51)61)63-44-49(82-60-36-32-47(72(4,5)6)42-56(60)75(10)38-18-20-40-77(75,82)12)45-64-67(63)78(57)58-28-21-26-53-66-69(80(64)68(53)58)52-24-13-15-27-54(52)73(66,7)8/h13-16,21-36,41-45H,17-20,37-40H2,1-12H3. The van der Waals surface area contributed by atoms with Gasteiger partial charge in [0.15, 0.2) is 5.58 Å². The Balaban J connectivity index is 1.01. The predicted molar refractivity (Wildman–Crippen MR) is 350 cm³/mol. The molecule has 3 aliphatic carbocycles. The number of hydrogen-bond acceptors (Lipinski definition) is 4. The van der Waals surface area contributed by atoms with Crippen LogP contribution in [0.1, 0.15) is 168 Å². The lowest BCUT2D eigenvalue weighted by atomic mass is 9.33. The third kappa shape index (κ3) is 6.11. The molecule has 2 fully saturated rings. The van der Waals surface area contributed by atoms with Crippen LogP contribution >= 0.6 is 0 Å². The Labute approximate surface area is 491 Å². The number of fused-ring (bicyclic) bond motifs is 18. The summed E-state index contributed by atoms with van der Waals surface area (Å²) < 4.78 is 10.00. The van der Waals surface area contributed by atoms with Gasteiger partial charge in [0.1, 0.15) is 5.58 Å². The van der Waals surface area contributed by atoms with Crippen LogP contribution in [0, 0.1) is 0 Å². The first-order chi connectivity index (χ1) is 39.7. The molecule has 0 saturated heterocycles. The first-order valence-electron chi connectivity index (χ1n) is 31.4. The highest BCUT2D eigenvalue weighted by atomic mass is 16.3. The summed E-state index contributed by atoms with van der Waals surface area (Å²) in [6.45, 7) is 29.5. The van der Waals surface area contributed by atoms with Gasteiger partial charge in [0.2, 0.25) is 0 Å². The second-order valence-corrected chi connectivity index (χ2v) is 29.9. The Hall–Kier alpha value is -7.44. The predicted octanol–water partition coefficient (Wildman–Crippen LogP) is 18.5. The average Bonchev–Trinajstić information content (AvgIpc) is 1.73. The maximum absolute atomic E-state index is 7.24. The van der Waals surface area contributed by atoms with E-state index < -0.39 is 0 Å². The van der Waals surface area contributed by atoms with Gasteiger partial charge in [-0.05, 0) is 149 Å². The van der Waals surface area contributed by atoms with Crippen molar-refractivity contribution in [3.8, 4) is 16.9 Å². The van der Waals surface area contributed by atoms with Crippen molar-refractivity contribution < 1.29 is 4.42 Å². The minimum atomic E-state index is -0.204. The van der Waals surface area contributed by atoms with Crippen molar-refractivity contribution in [1.82, 2.24) is 4.57 Å². The van der Waals surface area contributed by atoms with Gasteiger partial charge >= 0.3 is 0 Å². The van der Waals surface area contributed by atoms with Crippen LogP contribution in [-0.4, -0.2) is 22.4 Å². The molecule has 4 aliphatic heterocycles. The van der Waals surface area contributed by atoms with E-state index in [2.05, 4.69) is 254 Å². The smallest absolute Gasteiger partial charge is 0.252 e. The van der Waals surface area contributed by atoms with Crippen molar-refractivity contribution in [1.29, 1.82) is 0 Å². The zero-order chi connectivity index (χ0) is 56.9. The second kappa shape index (κ2) is 16.0. The Kier molecular flexibility index (Phi) is 9.69. The molecular formula is C77H77BN4O. The number of anilines is 7. The molecule has 5 nitrogen and oxygen atoms in total. The molecule has 6 heterocycles. The summed E-state index contributed by atoms with van der Waals surface area (Å²) >= 11 is 0. The minimum absolute atomic E-state index is 0.0195. The van der Waals surface area contributed by atoms with Crippen molar-refractivity contribution >= 4 is 95.8 Å². The number of furan rings is 1. The topological polar surface area (TPSA) is 27.8 Å². The average molecular weight is 1090 g/mol. The molecule has 0 amide bonds. The Bertz CT molecular complexity index is 4520. The normalized spacial score (nSPS) is 24.2. The third-order valence-electron chi connectivity index (χ3n) is 23.4. The molecule has 0 N–H and O–H groups in total. The molecule has 2 saturated carbocycles. The van der Waals surface area contributed by atoms with Crippen molar-refractivity contribution in [3.63, 3.8) is 0 Å². The molecule has 7 aliphatic rings. The summed E-state index contributed by atoms with van der Waals surface area (Å²) in [7, 11) is 0. The molecule has 4 unspecified atom stereocenters. The zero-order valence-electron chi connectivity index (χ0n) is 50.9. The quantitative estimate of drug-likeness (QED) is 0.165.